The summed E-state index contributed by atoms with van der Waals surface area (Å²) < 4.78 is 0. The average molecular weight is 277 g/mol. The summed E-state index contributed by atoms with van der Waals surface area (Å²) in [5, 5.41) is 14.6. The molecule has 0 spiro atoms. The molecule has 1 aliphatic rings. The summed E-state index contributed by atoms with van der Waals surface area (Å²) in [6, 6.07) is 5.18. The molecule has 1 saturated carbocycles. The Kier molecular flexibility index (Phi) is 4.92. The number of carboxylic acids is 1. The molecule has 1 aromatic heterocycles. The Bertz CT molecular complexity index is 464. The molecule has 0 aliphatic heterocycles. The number of hydrogen-bond donors (Lipinski definition) is 3. The fraction of sp³-hybridized carbons (Fsp3) is 0.500. The summed E-state index contributed by atoms with van der Waals surface area (Å²) >= 11 is 0. The van der Waals surface area contributed by atoms with Crippen LogP contribution >= 0.6 is 0 Å². The highest BCUT2D eigenvalue weighted by atomic mass is 16.4. The monoisotopic (exact) mass is 277 g/mol. The molecule has 1 heterocycles. The second kappa shape index (κ2) is 6.88. The first-order valence-corrected chi connectivity index (χ1v) is 6.82. The van der Waals surface area contributed by atoms with Crippen molar-refractivity contribution in [1.82, 2.24) is 15.6 Å². The molecule has 0 saturated heterocycles. The summed E-state index contributed by atoms with van der Waals surface area (Å²) in [5.74, 6) is -1.12. The molecular weight excluding hydrogens is 258 g/mol. The molecule has 2 unspecified atom stereocenters. The number of carbonyl (C=O) groups excluding carboxylic acids is 1. The van der Waals surface area contributed by atoms with Gasteiger partial charge in [-0.1, -0.05) is 12.5 Å². The molecule has 0 bridgehead atoms. The van der Waals surface area contributed by atoms with Crippen LogP contribution in [0.2, 0.25) is 0 Å². The summed E-state index contributed by atoms with van der Waals surface area (Å²) in [7, 11) is 0. The molecule has 3 N–H and O–H groups in total. The Labute approximate surface area is 117 Å². The van der Waals surface area contributed by atoms with E-state index >= 15 is 0 Å². The van der Waals surface area contributed by atoms with Gasteiger partial charge < -0.3 is 15.7 Å². The predicted octanol–water partition coefficient (Wildman–Crippen LogP) is 1.52. The summed E-state index contributed by atoms with van der Waals surface area (Å²) in [4.78, 5) is 26.8. The van der Waals surface area contributed by atoms with E-state index in [1.54, 1.807) is 6.20 Å². The fourth-order valence-electron chi connectivity index (χ4n) is 2.46. The Balaban J connectivity index is 1.75. The molecule has 1 aliphatic carbocycles. The van der Waals surface area contributed by atoms with Crippen molar-refractivity contribution in [3.63, 3.8) is 0 Å². The van der Waals surface area contributed by atoms with Crippen molar-refractivity contribution in [2.24, 2.45) is 5.92 Å². The highest BCUT2D eigenvalue weighted by Crippen LogP contribution is 2.24. The molecule has 2 amide bonds. The van der Waals surface area contributed by atoms with Crippen molar-refractivity contribution in [2.75, 3.05) is 0 Å². The van der Waals surface area contributed by atoms with Crippen molar-refractivity contribution in [3.8, 4) is 0 Å². The van der Waals surface area contributed by atoms with Gasteiger partial charge in [0.2, 0.25) is 0 Å². The van der Waals surface area contributed by atoms with Gasteiger partial charge in [0, 0.05) is 12.2 Å². The number of carbonyl (C=O) groups is 2. The van der Waals surface area contributed by atoms with Crippen molar-refractivity contribution >= 4 is 12.0 Å². The Morgan fingerprint density at radius 2 is 2.20 bits per heavy atom. The quantitative estimate of drug-likeness (QED) is 0.778. The number of carboxylic acid groups (broad SMARTS) is 1. The van der Waals surface area contributed by atoms with E-state index in [9.17, 15) is 9.59 Å². The molecule has 0 aromatic carbocycles. The van der Waals surface area contributed by atoms with Crippen LogP contribution < -0.4 is 10.6 Å². The summed E-state index contributed by atoms with van der Waals surface area (Å²) in [6.07, 6.45) is 4.55. The van der Waals surface area contributed by atoms with E-state index < -0.39 is 5.97 Å². The summed E-state index contributed by atoms with van der Waals surface area (Å²) in [6.45, 7) is 0.363. The minimum Gasteiger partial charge on any atom is -0.481 e. The Morgan fingerprint density at radius 3 is 2.90 bits per heavy atom. The first-order chi connectivity index (χ1) is 9.65. The van der Waals surface area contributed by atoms with E-state index in [0.717, 1.165) is 18.5 Å². The van der Waals surface area contributed by atoms with Gasteiger partial charge in [0.15, 0.2) is 0 Å². The number of amides is 2. The number of urea groups is 1. The topological polar surface area (TPSA) is 91.3 Å². The van der Waals surface area contributed by atoms with Crippen LogP contribution in [0.4, 0.5) is 4.79 Å². The van der Waals surface area contributed by atoms with Gasteiger partial charge in [-0.05, 0) is 31.4 Å². The number of hydrogen-bond acceptors (Lipinski definition) is 3. The van der Waals surface area contributed by atoms with Gasteiger partial charge in [-0.25, -0.2) is 4.79 Å². The minimum atomic E-state index is -0.773. The molecule has 2 rings (SSSR count). The van der Waals surface area contributed by atoms with Crippen LogP contribution in [0.1, 0.15) is 31.4 Å². The van der Waals surface area contributed by atoms with Gasteiger partial charge in [0.25, 0.3) is 0 Å². The molecule has 6 nitrogen and oxygen atoms in total. The van der Waals surface area contributed by atoms with Gasteiger partial charge in [0.05, 0.1) is 18.2 Å². The molecule has 20 heavy (non-hydrogen) atoms. The van der Waals surface area contributed by atoms with E-state index in [0.29, 0.717) is 19.4 Å². The van der Waals surface area contributed by atoms with Gasteiger partial charge in [-0.3, -0.25) is 9.78 Å². The van der Waals surface area contributed by atoms with Crippen LogP contribution in [0.25, 0.3) is 0 Å². The highest BCUT2D eigenvalue weighted by Gasteiger charge is 2.27. The number of aromatic nitrogens is 1. The standard InChI is InChI=1S/C14H19N3O3/c18-13(19)10-4-3-6-11(8-10)17-14(20)16-9-12-5-1-2-7-15-12/h1-2,5,7,10-11H,3-4,6,8-9H2,(H,18,19)(H2,16,17,20). The van der Waals surface area contributed by atoms with Crippen molar-refractivity contribution in [2.45, 2.75) is 38.3 Å². The molecule has 1 aromatic rings. The zero-order valence-electron chi connectivity index (χ0n) is 11.2. The Hall–Kier alpha value is -2.11. The largest absolute Gasteiger partial charge is 0.481 e. The number of aliphatic carboxylic acids is 1. The lowest BCUT2D eigenvalue weighted by Gasteiger charge is -2.27. The zero-order chi connectivity index (χ0) is 14.4. The molecule has 1 fully saturated rings. The van der Waals surface area contributed by atoms with Crippen molar-refractivity contribution in [1.29, 1.82) is 0 Å². The van der Waals surface area contributed by atoms with Crippen molar-refractivity contribution in [3.05, 3.63) is 30.1 Å². The van der Waals surface area contributed by atoms with Gasteiger partial charge >= 0.3 is 12.0 Å². The molecule has 108 valence electrons. The van der Waals surface area contributed by atoms with Gasteiger partial charge in [-0.15, -0.1) is 0 Å². The second-order valence-electron chi connectivity index (χ2n) is 5.05. The van der Waals surface area contributed by atoms with Crippen LogP contribution in [0.5, 0.6) is 0 Å². The average Bonchev–Trinajstić information content (AvgIpc) is 2.46. The molecular formula is C14H19N3O3. The summed E-state index contributed by atoms with van der Waals surface area (Å²) in [5.41, 5.74) is 0.787. The van der Waals surface area contributed by atoms with Gasteiger partial charge in [0.1, 0.15) is 0 Å². The van der Waals surface area contributed by atoms with Crippen LogP contribution in [0, 0.1) is 5.92 Å². The smallest absolute Gasteiger partial charge is 0.315 e. The lowest BCUT2D eigenvalue weighted by molar-refractivity contribution is -0.143. The second-order valence-corrected chi connectivity index (χ2v) is 5.05. The van der Waals surface area contributed by atoms with Crippen LogP contribution in [0.15, 0.2) is 24.4 Å². The van der Waals surface area contributed by atoms with Crippen LogP contribution in [-0.2, 0) is 11.3 Å². The maximum Gasteiger partial charge on any atom is 0.315 e. The van der Waals surface area contributed by atoms with Crippen LogP contribution in [0.3, 0.4) is 0 Å². The van der Waals surface area contributed by atoms with E-state index in [1.165, 1.54) is 0 Å². The third kappa shape index (κ3) is 4.22. The van der Waals surface area contributed by atoms with E-state index in [-0.39, 0.29) is 18.0 Å². The molecule has 6 heteroatoms. The molecule has 2 atom stereocenters. The maximum atomic E-state index is 11.8. The van der Waals surface area contributed by atoms with E-state index in [2.05, 4.69) is 15.6 Å². The van der Waals surface area contributed by atoms with Crippen LogP contribution in [-0.4, -0.2) is 28.1 Å². The Morgan fingerprint density at radius 1 is 1.35 bits per heavy atom. The lowest BCUT2D eigenvalue weighted by atomic mass is 9.86. The normalized spacial score (nSPS) is 22.0. The first kappa shape index (κ1) is 14.3. The number of pyridine rings is 1. The third-order valence-corrected chi connectivity index (χ3v) is 3.51. The first-order valence-electron chi connectivity index (χ1n) is 6.82. The molecule has 0 radical (unpaired) electrons. The SMILES string of the molecule is O=C(NCc1ccccn1)NC1CCCC(C(=O)O)C1. The maximum absolute atomic E-state index is 11.8. The number of nitrogens with one attached hydrogen (secondary N) is 2. The minimum absolute atomic E-state index is 0.0615. The van der Waals surface area contributed by atoms with E-state index in [4.69, 9.17) is 5.11 Å². The number of nitrogens with zero attached hydrogens (tertiary/aromatic N) is 1. The number of rotatable bonds is 4. The highest BCUT2D eigenvalue weighted by molar-refractivity contribution is 5.74. The fourth-order valence-corrected chi connectivity index (χ4v) is 2.46. The zero-order valence-corrected chi connectivity index (χ0v) is 11.2. The predicted molar refractivity (Wildman–Crippen MR) is 73.0 cm³/mol. The van der Waals surface area contributed by atoms with Crippen molar-refractivity contribution < 1.29 is 14.7 Å². The third-order valence-electron chi connectivity index (χ3n) is 3.51. The van der Waals surface area contributed by atoms with Gasteiger partial charge in [-0.2, -0.15) is 0 Å². The lowest BCUT2D eigenvalue weighted by Crippen LogP contribution is -2.44. The van der Waals surface area contributed by atoms with E-state index in [1.807, 2.05) is 18.2 Å².